The van der Waals surface area contributed by atoms with Crippen LogP contribution in [-0.2, 0) is 19.4 Å². The van der Waals surface area contributed by atoms with Gasteiger partial charge in [0.15, 0.2) is 0 Å². The van der Waals surface area contributed by atoms with Crippen LogP contribution in [-0.4, -0.2) is 27.2 Å². The molecule has 2 aromatic carbocycles. The van der Waals surface area contributed by atoms with E-state index in [1.54, 1.807) is 0 Å². The summed E-state index contributed by atoms with van der Waals surface area (Å²) in [6, 6.07) is 17.9. The largest absolute Gasteiger partial charge is 0.352 e. The fraction of sp³-hybridized carbons (Fsp3) is 0.318. The van der Waals surface area contributed by atoms with Crippen LogP contribution in [0.4, 0.5) is 0 Å². The van der Waals surface area contributed by atoms with Crippen LogP contribution in [0.5, 0.6) is 0 Å². The number of benzene rings is 2. The number of aryl methyl sites for hydroxylation is 1. The molecule has 0 spiro atoms. The maximum Gasteiger partial charge on any atom is 0.251 e. The zero-order chi connectivity index (χ0) is 18.5. The Morgan fingerprint density at radius 3 is 2.52 bits per heavy atom. The topological polar surface area (TPSA) is 59.8 Å². The van der Waals surface area contributed by atoms with E-state index < -0.39 is 0 Å². The van der Waals surface area contributed by atoms with E-state index in [2.05, 4.69) is 32.2 Å². The maximum absolute atomic E-state index is 12.4. The molecule has 0 atom stereocenters. The van der Waals surface area contributed by atoms with Crippen molar-refractivity contribution in [1.29, 1.82) is 0 Å². The Morgan fingerprint density at radius 2 is 1.70 bits per heavy atom. The zero-order valence-electron chi connectivity index (χ0n) is 15.4. The standard InChI is InChI=1S/C22H24N4O/c27-22(19-12-10-18(11-13-19)17-7-3-1-4-8-17)23-15-14-21-25-24-20-9-5-2-6-16-26(20)21/h1,3-4,7-8,10-13H,2,5-6,9,14-16H2,(H,23,27). The monoisotopic (exact) mass is 360 g/mol. The van der Waals surface area contributed by atoms with Gasteiger partial charge in [0, 0.05) is 31.5 Å². The molecule has 1 amide bonds. The first-order chi connectivity index (χ1) is 13.3. The molecule has 0 saturated heterocycles. The predicted octanol–water partition coefficient (Wildman–Crippen LogP) is 3.64. The number of fused-ring (bicyclic) bond motifs is 1. The van der Waals surface area contributed by atoms with Gasteiger partial charge in [0.25, 0.3) is 5.91 Å². The molecule has 1 N–H and O–H groups in total. The molecule has 0 fully saturated rings. The second-order valence-electron chi connectivity index (χ2n) is 6.94. The summed E-state index contributed by atoms with van der Waals surface area (Å²) in [7, 11) is 0. The molecule has 0 unspecified atom stereocenters. The second kappa shape index (κ2) is 8.16. The van der Waals surface area contributed by atoms with Crippen molar-refractivity contribution in [2.24, 2.45) is 0 Å². The van der Waals surface area contributed by atoms with Crippen molar-refractivity contribution in [3.63, 3.8) is 0 Å². The van der Waals surface area contributed by atoms with Gasteiger partial charge in [-0.15, -0.1) is 10.2 Å². The number of rotatable bonds is 5. The Morgan fingerprint density at radius 1 is 0.926 bits per heavy atom. The molecule has 4 rings (SSSR count). The molecule has 0 aliphatic carbocycles. The first-order valence-electron chi connectivity index (χ1n) is 9.66. The molecule has 2 heterocycles. The number of hydrogen-bond donors (Lipinski definition) is 1. The predicted molar refractivity (Wildman–Crippen MR) is 105 cm³/mol. The second-order valence-corrected chi connectivity index (χ2v) is 6.94. The third kappa shape index (κ3) is 4.08. The zero-order valence-corrected chi connectivity index (χ0v) is 15.4. The molecule has 0 saturated carbocycles. The average Bonchev–Trinajstić information content (AvgIpc) is 2.95. The highest BCUT2D eigenvalue weighted by molar-refractivity contribution is 5.94. The average molecular weight is 360 g/mol. The molecular weight excluding hydrogens is 336 g/mol. The summed E-state index contributed by atoms with van der Waals surface area (Å²) < 4.78 is 2.23. The first kappa shape index (κ1) is 17.5. The number of carbonyl (C=O) groups is 1. The number of hydrogen-bond acceptors (Lipinski definition) is 3. The lowest BCUT2D eigenvalue weighted by molar-refractivity contribution is 0.0954. The highest BCUT2D eigenvalue weighted by Gasteiger charge is 2.14. The Kier molecular flexibility index (Phi) is 5.28. The van der Waals surface area contributed by atoms with Crippen LogP contribution in [0.2, 0.25) is 0 Å². The Bertz CT molecular complexity index is 900. The minimum atomic E-state index is -0.0507. The van der Waals surface area contributed by atoms with Crippen LogP contribution >= 0.6 is 0 Å². The van der Waals surface area contributed by atoms with Gasteiger partial charge in [-0.25, -0.2) is 0 Å². The summed E-state index contributed by atoms with van der Waals surface area (Å²) in [5.41, 5.74) is 2.94. The van der Waals surface area contributed by atoms with E-state index in [1.807, 2.05) is 42.5 Å². The van der Waals surface area contributed by atoms with E-state index in [4.69, 9.17) is 0 Å². The van der Waals surface area contributed by atoms with Crippen molar-refractivity contribution < 1.29 is 4.79 Å². The number of nitrogens with zero attached hydrogens (tertiary/aromatic N) is 3. The van der Waals surface area contributed by atoms with E-state index in [1.165, 1.54) is 19.3 Å². The van der Waals surface area contributed by atoms with Crippen LogP contribution in [0.25, 0.3) is 11.1 Å². The van der Waals surface area contributed by atoms with Crippen LogP contribution in [0.15, 0.2) is 54.6 Å². The van der Waals surface area contributed by atoms with Crippen LogP contribution in [0.1, 0.15) is 41.3 Å². The molecule has 3 aromatic rings. The molecule has 27 heavy (non-hydrogen) atoms. The van der Waals surface area contributed by atoms with Gasteiger partial charge in [-0.3, -0.25) is 4.79 Å². The third-order valence-corrected chi connectivity index (χ3v) is 5.07. The van der Waals surface area contributed by atoms with Gasteiger partial charge < -0.3 is 9.88 Å². The first-order valence-corrected chi connectivity index (χ1v) is 9.66. The number of aromatic nitrogens is 3. The lowest BCUT2D eigenvalue weighted by Gasteiger charge is -2.08. The van der Waals surface area contributed by atoms with Gasteiger partial charge >= 0.3 is 0 Å². The lowest BCUT2D eigenvalue weighted by Crippen LogP contribution is -2.26. The molecule has 1 aromatic heterocycles. The minimum Gasteiger partial charge on any atom is -0.352 e. The molecule has 5 nitrogen and oxygen atoms in total. The van der Waals surface area contributed by atoms with Gasteiger partial charge in [-0.2, -0.15) is 0 Å². The molecule has 1 aliphatic rings. The van der Waals surface area contributed by atoms with Crippen LogP contribution in [0.3, 0.4) is 0 Å². The van der Waals surface area contributed by atoms with Crippen molar-refractivity contribution in [2.45, 2.75) is 38.6 Å². The molecule has 1 aliphatic heterocycles. The fourth-order valence-corrected chi connectivity index (χ4v) is 3.56. The van der Waals surface area contributed by atoms with E-state index >= 15 is 0 Å². The summed E-state index contributed by atoms with van der Waals surface area (Å²) in [4.78, 5) is 12.4. The molecule has 138 valence electrons. The van der Waals surface area contributed by atoms with E-state index in [0.717, 1.165) is 35.7 Å². The number of nitrogens with one attached hydrogen (secondary N) is 1. The van der Waals surface area contributed by atoms with Crippen molar-refractivity contribution >= 4 is 5.91 Å². The molecule has 0 radical (unpaired) electrons. The quantitative estimate of drug-likeness (QED) is 0.756. The van der Waals surface area contributed by atoms with Crippen molar-refractivity contribution in [1.82, 2.24) is 20.1 Å². The Labute approximate surface area is 159 Å². The highest BCUT2D eigenvalue weighted by Crippen LogP contribution is 2.19. The summed E-state index contributed by atoms with van der Waals surface area (Å²) in [5.74, 6) is 2.02. The van der Waals surface area contributed by atoms with Crippen molar-refractivity contribution in [3.05, 3.63) is 71.8 Å². The summed E-state index contributed by atoms with van der Waals surface area (Å²) in [6.07, 6.45) is 5.33. The summed E-state index contributed by atoms with van der Waals surface area (Å²) in [5, 5.41) is 11.6. The van der Waals surface area contributed by atoms with Gasteiger partial charge in [0.05, 0.1) is 0 Å². The van der Waals surface area contributed by atoms with Crippen molar-refractivity contribution in [2.75, 3.05) is 6.54 Å². The minimum absolute atomic E-state index is 0.0507. The van der Waals surface area contributed by atoms with E-state index in [0.29, 0.717) is 18.5 Å². The summed E-state index contributed by atoms with van der Waals surface area (Å²) >= 11 is 0. The molecule has 0 bridgehead atoms. The fourth-order valence-electron chi connectivity index (χ4n) is 3.56. The number of amides is 1. The summed E-state index contributed by atoms with van der Waals surface area (Å²) in [6.45, 7) is 1.56. The highest BCUT2D eigenvalue weighted by atomic mass is 16.1. The van der Waals surface area contributed by atoms with Gasteiger partial charge in [-0.05, 0) is 36.1 Å². The van der Waals surface area contributed by atoms with Gasteiger partial charge in [0.1, 0.15) is 11.6 Å². The maximum atomic E-state index is 12.4. The van der Waals surface area contributed by atoms with Crippen LogP contribution in [0, 0.1) is 0 Å². The third-order valence-electron chi connectivity index (χ3n) is 5.07. The van der Waals surface area contributed by atoms with Gasteiger partial charge in [0.2, 0.25) is 0 Å². The Balaban J connectivity index is 1.34. The van der Waals surface area contributed by atoms with Crippen LogP contribution < -0.4 is 5.32 Å². The lowest BCUT2D eigenvalue weighted by atomic mass is 10.0. The molecule has 5 heteroatoms. The SMILES string of the molecule is O=C(NCCc1nnc2n1CCCCC2)c1ccc(-c2ccccc2)cc1. The van der Waals surface area contributed by atoms with E-state index in [-0.39, 0.29) is 5.91 Å². The molecular formula is C22H24N4O. The Hall–Kier alpha value is -2.95. The number of carbonyl (C=O) groups excluding carboxylic acids is 1. The van der Waals surface area contributed by atoms with E-state index in [9.17, 15) is 4.79 Å². The van der Waals surface area contributed by atoms with Crippen molar-refractivity contribution in [3.8, 4) is 11.1 Å². The smallest absolute Gasteiger partial charge is 0.251 e. The van der Waals surface area contributed by atoms with Gasteiger partial charge in [-0.1, -0.05) is 48.9 Å². The normalized spacial score (nSPS) is 13.6.